The summed E-state index contributed by atoms with van der Waals surface area (Å²) in [5.74, 6) is 0.567. The number of piperidine rings is 1. The van der Waals surface area contributed by atoms with E-state index in [-0.39, 0.29) is 5.82 Å². The molecule has 0 aromatic heterocycles. The Bertz CT molecular complexity index is 372. The van der Waals surface area contributed by atoms with Crippen molar-refractivity contribution >= 4 is 5.69 Å². The van der Waals surface area contributed by atoms with Gasteiger partial charge >= 0.3 is 0 Å². The molecule has 2 unspecified atom stereocenters. The smallest absolute Gasteiger partial charge is 0.125 e. The van der Waals surface area contributed by atoms with Gasteiger partial charge in [-0.05, 0) is 56.0 Å². The molecule has 0 saturated carbocycles. The molecule has 1 aliphatic heterocycles. The quantitative estimate of drug-likeness (QED) is 0.800. The van der Waals surface area contributed by atoms with Gasteiger partial charge in [-0.15, -0.1) is 0 Å². The summed E-state index contributed by atoms with van der Waals surface area (Å²) < 4.78 is 13.2. The van der Waals surface area contributed by atoms with E-state index in [0.717, 1.165) is 24.6 Å². The minimum Gasteiger partial charge on any atom is -0.399 e. The summed E-state index contributed by atoms with van der Waals surface area (Å²) in [5, 5.41) is 0. The SMILES string of the molecule is CC1CCN(Cc2cc(N)cc(F)c2)C(C)C1. The molecule has 2 rings (SSSR count). The molecule has 94 valence electrons. The number of halogens is 1. The average Bonchev–Trinajstić information content (AvgIpc) is 2.21. The van der Waals surface area contributed by atoms with E-state index in [0.29, 0.717) is 11.7 Å². The van der Waals surface area contributed by atoms with Gasteiger partial charge in [0, 0.05) is 18.3 Å². The Morgan fingerprint density at radius 2 is 2.12 bits per heavy atom. The molecule has 2 atom stereocenters. The Morgan fingerprint density at radius 1 is 1.35 bits per heavy atom. The van der Waals surface area contributed by atoms with Crippen LogP contribution in [0.15, 0.2) is 18.2 Å². The van der Waals surface area contributed by atoms with Gasteiger partial charge in [-0.3, -0.25) is 4.90 Å². The fourth-order valence-electron chi connectivity index (χ4n) is 2.69. The minimum absolute atomic E-state index is 0.238. The summed E-state index contributed by atoms with van der Waals surface area (Å²) in [5.41, 5.74) is 7.15. The lowest BCUT2D eigenvalue weighted by molar-refractivity contribution is 0.122. The van der Waals surface area contributed by atoms with Crippen LogP contribution in [0.1, 0.15) is 32.3 Å². The summed E-state index contributed by atoms with van der Waals surface area (Å²) in [6, 6.07) is 5.39. The maximum atomic E-state index is 13.2. The lowest BCUT2D eigenvalue weighted by atomic mass is 9.93. The Kier molecular flexibility index (Phi) is 3.67. The van der Waals surface area contributed by atoms with Crippen molar-refractivity contribution in [1.82, 2.24) is 4.90 Å². The van der Waals surface area contributed by atoms with Gasteiger partial charge in [0.05, 0.1) is 0 Å². The van der Waals surface area contributed by atoms with E-state index >= 15 is 0 Å². The third-order valence-corrected chi connectivity index (χ3v) is 3.64. The Balaban J connectivity index is 2.05. The largest absolute Gasteiger partial charge is 0.399 e. The van der Waals surface area contributed by atoms with Gasteiger partial charge in [-0.1, -0.05) is 6.92 Å². The second-order valence-corrected chi connectivity index (χ2v) is 5.34. The number of nitrogens with zero attached hydrogens (tertiary/aromatic N) is 1. The first-order valence-corrected chi connectivity index (χ1v) is 6.33. The number of likely N-dealkylation sites (tertiary alicyclic amines) is 1. The molecule has 1 saturated heterocycles. The molecule has 1 aromatic rings. The van der Waals surface area contributed by atoms with Crippen LogP contribution in [-0.4, -0.2) is 17.5 Å². The van der Waals surface area contributed by atoms with Crippen molar-refractivity contribution in [2.75, 3.05) is 12.3 Å². The first-order valence-electron chi connectivity index (χ1n) is 6.33. The van der Waals surface area contributed by atoms with E-state index in [1.54, 1.807) is 6.07 Å². The van der Waals surface area contributed by atoms with Crippen LogP contribution in [0.5, 0.6) is 0 Å². The molecule has 17 heavy (non-hydrogen) atoms. The molecule has 2 N–H and O–H groups in total. The molecule has 0 radical (unpaired) electrons. The van der Waals surface area contributed by atoms with Gasteiger partial charge in [0.15, 0.2) is 0 Å². The van der Waals surface area contributed by atoms with E-state index < -0.39 is 0 Å². The first kappa shape index (κ1) is 12.4. The highest BCUT2D eigenvalue weighted by Gasteiger charge is 2.22. The van der Waals surface area contributed by atoms with Crippen molar-refractivity contribution in [2.45, 2.75) is 39.3 Å². The number of hydrogen-bond donors (Lipinski definition) is 1. The highest BCUT2D eigenvalue weighted by molar-refractivity contribution is 5.41. The van der Waals surface area contributed by atoms with Gasteiger partial charge in [0.1, 0.15) is 5.82 Å². The molecule has 1 aromatic carbocycles. The molecule has 2 nitrogen and oxygen atoms in total. The van der Waals surface area contributed by atoms with Crippen LogP contribution < -0.4 is 5.73 Å². The van der Waals surface area contributed by atoms with Crippen LogP contribution in [0.3, 0.4) is 0 Å². The van der Waals surface area contributed by atoms with Gasteiger partial charge in [-0.2, -0.15) is 0 Å². The zero-order valence-corrected chi connectivity index (χ0v) is 10.6. The molecule has 0 spiro atoms. The van der Waals surface area contributed by atoms with Crippen LogP contribution in [0, 0.1) is 11.7 Å². The maximum absolute atomic E-state index is 13.2. The molecule has 0 aliphatic carbocycles. The molecular weight excluding hydrogens is 215 g/mol. The van der Waals surface area contributed by atoms with Crippen LogP contribution in [0.4, 0.5) is 10.1 Å². The van der Waals surface area contributed by atoms with E-state index in [2.05, 4.69) is 18.7 Å². The van der Waals surface area contributed by atoms with Crippen molar-refractivity contribution in [1.29, 1.82) is 0 Å². The van der Waals surface area contributed by atoms with Crippen molar-refractivity contribution in [3.05, 3.63) is 29.6 Å². The molecule has 1 heterocycles. The van der Waals surface area contributed by atoms with Crippen molar-refractivity contribution in [2.24, 2.45) is 5.92 Å². The van der Waals surface area contributed by atoms with Crippen molar-refractivity contribution in [3.8, 4) is 0 Å². The summed E-state index contributed by atoms with van der Waals surface area (Å²) in [6.07, 6.45) is 2.46. The highest BCUT2D eigenvalue weighted by Crippen LogP contribution is 2.24. The number of anilines is 1. The summed E-state index contributed by atoms with van der Waals surface area (Å²) in [7, 11) is 0. The fraction of sp³-hybridized carbons (Fsp3) is 0.571. The monoisotopic (exact) mass is 236 g/mol. The third-order valence-electron chi connectivity index (χ3n) is 3.64. The summed E-state index contributed by atoms with van der Waals surface area (Å²) >= 11 is 0. The van der Waals surface area contributed by atoms with E-state index in [1.807, 2.05) is 6.07 Å². The van der Waals surface area contributed by atoms with E-state index in [9.17, 15) is 4.39 Å². The first-order chi connectivity index (χ1) is 8.04. The molecule has 0 amide bonds. The molecular formula is C14H21FN2. The molecule has 1 fully saturated rings. The van der Waals surface area contributed by atoms with Crippen LogP contribution >= 0.6 is 0 Å². The summed E-state index contributed by atoms with van der Waals surface area (Å²) in [4.78, 5) is 2.41. The highest BCUT2D eigenvalue weighted by atomic mass is 19.1. The van der Waals surface area contributed by atoms with Crippen molar-refractivity contribution in [3.63, 3.8) is 0 Å². The van der Waals surface area contributed by atoms with Gasteiger partial charge < -0.3 is 5.73 Å². The van der Waals surface area contributed by atoms with Crippen molar-refractivity contribution < 1.29 is 4.39 Å². The lowest BCUT2D eigenvalue weighted by Crippen LogP contribution is -2.39. The number of hydrogen-bond acceptors (Lipinski definition) is 2. The Hall–Kier alpha value is -1.09. The molecule has 0 bridgehead atoms. The number of nitrogen functional groups attached to an aromatic ring is 1. The maximum Gasteiger partial charge on any atom is 0.125 e. The zero-order chi connectivity index (χ0) is 12.4. The average molecular weight is 236 g/mol. The molecule has 3 heteroatoms. The van der Waals surface area contributed by atoms with Gasteiger partial charge in [0.25, 0.3) is 0 Å². The number of benzene rings is 1. The van der Waals surface area contributed by atoms with Crippen LogP contribution in [0.2, 0.25) is 0 Å². The third kappa shape index (κ3) is 3.19. The fourth-order valence-corrected chi connectivity index (χ4v) is 2.69. The second-order valence-electron chi connectivity index (χ2n) is 5.34. The topological polar surface area (TPSA) is 29.3 Å². The minimum atomic E-state index is -0.238. The predicted molar refractivity (Wildman–Crippen MR) is 69.1 cm³/mol. The second kappa shape index (κ2) is 5.05. The number of rotatable bonds is 2. The Labute approximate surface area is 103 Å². The normalized spacial score (nSPS) is 26.1. The van der Waals surface area contributed by atoms with E-state index in [4.69, 9.17) is 5.73 Å². The predicted octanol–water partition coefficient (Wildman–Crippen LogP) is 3.03. The lowest BCUT2D eigenvalue weighted by Gasteiger charge is -2.36. The Morgan fingerprint density at radius 3 is 2.76 bits per heavy atom. The number of nitrogens with two attached hydrogens (primary N) is 1. The van der Waals surface area contributed by atoms with Gasteiger partial charge in [0.2, 0.25) is 0 Å². The van der Waals surface area contributed by atoms with Crippen LogP contribution in [-0.2, 0) is 6.54 Å². The zero-order valence-electron chi connectivity index (χ0n) is 10.6. The summed E-state index contributed by atoms with van der Waals surface area (Å²) in [6.45, 7) is 6.45. The van der Waals surface area contributed by atoms with E-state index in [1.165, 1.54) is 18.9 Å². The van der Waals surface area contributed by atoms with Crippen LogP contribution in [0.25, 0.3) is 0 Å². The standard InChI is InChI=1S/C14H21FN2/c1-10-3-4-17(11(2)5-10)9-12-6-13(15)8-14(16)7-12/h6-8,10-11H,3-5,9,16H2,1-2H3. The molecule has 1 aliphatic rings. The van der Waals surface area contributed by atoms with Gasteiger partial charge in [-0.25, -0.2) is 4.39 Å².